The van der Waals surface area contributed by atoms with Gasteiger partial charge in [-0.25, -0.2) is 4.98 Å². The average Bonchev–Trinajstić information content (AvgIpc) is 3.25. The average molecular weight is 434 g/mol. The molecule has 2 aromatic carbocycles. The number of thioether (sulfide) groups is 1. The Balaban J connectivity index is 1.60. The highest BCUT2D eigenvalue weighted by molar-refractivity contribution is 7.99. The normalized spacial score (nSPS) is 11.1. The van der Waals surface area contributed by atoms with Gasteiger partial charge < -0.3 is 9.73 Å². The minimum Gasteiger partial charge on any atom is -0.467 e. The molecule has 0 unspecified atom stereocenters. The van der Waals surface area contributed by atoms with E-state index in [4.69, 9.17) is 4.42 Å². The Morgan fingerprint density at radius 2 is 1.84 bits per heavy atom. The highest BCUT2D eigenvalue weighted by Gasteiger charge is 2.15. The van der Waals surface area contributed by atoms with E-state index in [1.807, 2.05) is 51.1 Å². The van der Waals surface area contributed by atoms with Gasteiger partial charge in [0.05, 0.1) is 29.5 Å². The van der Waals surface area contributed by atoms with Crippen molar-refractivity contribution >= 4 is 34.3 Å². The molecule has 0 aliphatic carbocycles. The Morgan fingerprint density at radius 3 is 2.55 bits per heavy atom. The van der Waals surface area contributed by atoms with Crippen molar-refractivity contribution < 1.29 is 9.21 Å². The van der Waals surface area contributed by atoms with Crippen molar-refractivity contribution in [3.8, 4) is 0 Å². The third-order valence-electron chi connectivity index (χ3n) is 4.99. The van der Waals surface area contributed by atoms with Crippen LogP contribution in [0.3, 0.4) is 0 Å². The first-order valence-corrected chi connectivity index (χ1v) is 10.9. The van der Waals surface area contributed by atoms with Crippen LogP contribution >= 0.6 is 11.8 Å². The molecule has 31 heavy (non-hydrogen) atoms. The van der Waals surface area contributed by atoms with Gasteiger partial charge in [-0.15, -0.1) is 0 Å². The van der Waals surface area contributed by atoms with Crippen LogP contribution in [0.4, 0.5) is 5.69 Å². The molecule has 0 saturated carbocycles. The highest BCUT2D eigenvalue weighted by Crippen LogP contribution is 2.23. The van der Waals surface area contributed by atoms with E-state index in [0.29, 0.717) is 21.8 Å². The molecule has 0 radical (unpaired) electrons. The summed E-state index contributed by atoms with van der Waals surface area (Å²) in [7, 11) is 0. The Kier molecular flexibility index (Phi) is 5.95. The van der Waals surface area contributed by atoms with Crippen LogP contribution in [0, 0.1) is 20.8 Å². The first-order chi connectivity index (χ1) is 14.9. The zero-order chi connectivity index (χ0) is 22.0. The van der Waals surface area contributed by atoms with E-state index in [1.165, 1.54) is 11.8 Å². The van der Waals surface area contributed by atoms with E-state index in [-0.39, 0.29) is 23.8 Å². The summed E-state index contributed by atoms with van der Waals surface area (Å²) < 4.78 is 6.98. The van der Waals surface area contributed by atoms with Gasteiger partial charge in [-0.1, -0.05) is 41.6 Å². The summed E-state index contributed by atoms with van der Waals surface area (Å²) in [4.78, 5) is 30.4. The molecule has 2 heterocycles. The summed E-state index contributed by atoms with van der Waals surface area (Å²) in [6.45, 7) is 6.25. The zero-order valence-corrected chi connectivity index (χ0v) is 18.5. The number of amides is 1. The molecule has 1 amide bonds. The van der Waals surface area contributed by atoms with Gasteiger partial charge in [0.25, 0.3) is 5.56 Å². The monoisotopic (exact) mass is 433 g/mol. The quantitative estimate of drug-likeness (QED) is 0.352. The number of aryl methyl sites for hydroxylation is 3. The first kappa shape index (κ1) is 20.9. The van der Waals surface area contributed by atoms with Crippen LogP contribution in [0.15, 0.2) is 69.2 Å². The van der Waals surface area contributed by atoms with Gasteiger partial charge in [-0.05, 0) is 56.2 Å². The molecule has 0 atom stereocenters. The molecule has 0 bridgehead atoms. The van der Waals surface area contributed by atoms with E-state index in [0.717, 1.165) is 22.4 Å². The van der Waals surface area contributed by atoms with Gasteiger partial charge in [0.2, 0.25) is 5.91 Å². The molecule has 1 N–H and O–H groups in total. The molecule has 2 aromatic heterocycles. The molecule has 4 rings (SSSR count). The largest absolute Gasteiger partial charge is 0.467 e. The van der Waals surface area contributed by atoms with Gasteiger partial charge in [0.1, 0.15) is 5.76 Å². The summed E-state index contributed by atoms with van der Waals surface area (Å²) in [5.74, 6) is 0.638. The SMILES string of the molecule is Cc1cc(C)c(NC(=O)CSc2nc3ccccc3c(=O)n2Cc2ccco2)c(C)c1. The maximum atomic E-state index is 13.1. The molecule has 0 saturated heterocycles. The first-order valence-electron chi connectivity index (χ1n) is 9.95. The van der Waals surface area contributed by atoms with Gasteiger partial charge in [-0.3, -0.25) is 14.2 Å². The van der Waals surface area contributed by atoms with Gasteiger partial charge in [0.15, 0.2) is 5.16 Å². The molecule has 0 spiro atoms. The molecular weight excluding hydrogens is 410 g/mol. The lowest BCUT2D eigenvalue weighted by molar-refractivity contribution is -0.113. The van der Waals surface area contributed by atoms with Gasteiger partial charge >= 0.3 is 0 Å². The van der Waals surface area contributed by atoms with Crippen molar-refractivity contribution in [2.45, 2.75) is 32.5 Å². The number of carbonyl (C=O) groups excluding carboxylic acids is 1. The number of hydrogen-bond acceptors (Lipinski definition) is 5. The lowest BCUT2D eigenvalue weighted by atomic mass is 10.1. The fourth-order valence-electron chi connectivity index (χ4n) is 3.64. The second kappa shape index (κ2) is 8.81. The molecule has 0 fully saturated rings. The molecule has 158 valence electrons. The number of benzene rings is 2. The predicted octanol–water partition coefficient (Wildman–Crippen LogP) is 4.69. The molecular formula is C24H23N3O3S. The van der Waals surface area contributed by atoms with Crippen molar-refractivity contribution in [1.82, 2.24) is 9.55 Å². The summed E-state index contributed by atoms with van der Waals surface area (Å²) in [6, 6.07) is 14.9. The van der Waals surface area contributed by atoms with E-state index < -0.39 is 0 Å². The second-order valence-electron chi connectivity index (χ2n) is 7.49. The Morgan fingerprint density at radius 1 is 1.10 bits per heavy atom. The Bertz CT molecular complexity index is 1290. The smallest absolute Gasteiger partial charge is 0.262 e. The number of fused-ring (bicyclic) bond motifs is 1. The van der Waals surface area contributed by atoms with Crippen molar-refractivity contribution in [2.75, 3.05) is 11.1 Å². The van der Waals surface area contributed by atoms with E-state index in [2.05, 4.69) is 10.3 Å². The van der Waals surface area contributed by atoms with Crippen LogP contribution in [0.5, 0.6) is 0 Å². The number of carbonyl (C=O) groups is 1. The van der Waals surface area contributed by atoms with Gasteiger partial charge in [-0.2, -0.15) is 0 Å². The number of furan rings is 1. The summed E-state index contributed by atoms with van der Waals surface area (Å²) in [5.41, 5.74) is 4.48. The van der Waals surface area contributed by atoms with Crippen molar-refractivity contribution in [3.05, 3.63) is 87.6 Å². The fourth-order valence-corrected chi connectivity index (χ4v) is 4.44. The van der Waals surface area contributed by atoms with E-state index in [1.54, 1.807) is 29.0 Å². The highest BCUT2D eigenvalue weighted by atomic mass is 32.2. The van der Waals surface area contributed by atoms with E-state index >= 15 is 0 Å². The molecule has 7 heteroatoms. The summed E-state index contributed by atoms with van der Waals surface area (Å²) in [6.07, 6.45) is 1.57. The Labute approximate surface area is 184 Å². The molecule has 6 nitrogen and oxygen atoms in total. The predicted molar refractivity (Wildman–Crippen MR) is 124 cm³/mol. The Hall–Kier alpha value is -3.32. The van der Waals surface area contributed by atoms with Crippen LogP contribution in [0.1, 0.15) is 22.5 Å². The third-order valence-corrected chi connectivity index (χ3v) is 5.97. The maximum absolute atomic E-state index is 13.1. The number of aromatic nitrogens is 2. The fraction of sp³-hybridized carbons (Fsp3) is 0.208. The number of rotatable bonds is 6. The number of anilines is 1. The number of nitrogens with zero attached hydrogens (tertiary/aromatic N) is 2. The lowest BCUT2D eigenvalue weighted by Gasteiger charge is -2.14. The number of hydrogen-bond donors (Lipinski definition) is 1. The second-order valence-corrected chi connectivity index (χ2v) is 8.44. The zero-order valence-electron chi connectivity index (χ0n) is 17.6. The van der Waals surface area contributed by atoms with Crippen LogP contribution in [0.2, 0.25) is 0 Å². The van der Waals surface area contributed by atoms with Crippen molar-refractivity contribution in [2.24, 2.45) is 0 Å². The van der Waals surface area contributed by atoms with Crippen LogP contribution in [-0.4, -0.2) is 21.2 Å². The van der Waals surface area contributed by atoms with Gasteiger partial charge in [0, 0.05) is 5.69 Å². The number of para-hydroxylation sites is 1. The van der Waals surface area contributed by atoms with Crippen molar-refractivity contribution in [1.29, 1.82) is 0 Å². The summed E-state index contributed by atoms with van der Waals surface area (Å²) >= 11 is 1.24. The minimum absolute atomic E-state index is 0.135. The van der Waals surface area contributed by atoms with Crippen LogP contribution in [0.25, 0.3) is 10.9 Å². The topological polar surface area (TPSA) is 77.1 Å². The minimum atomic E-state index is -0.157. The van der Waals surface area contributed by atoms with Crippen molar-refractivity contribution in [3.63, 3.8) is 0 Å². The third kappa shape index (κ3) is 4.56. The molecule has 4 aromatic rings. The summed E-state index contributed by atoms with van der Waals surface area (Å²) in [5, 5.41) is 4.01. The van der Waals surface area contributed by atoms with Crippen LogP contribution in [-0.2, 0) is 11.3 Å². The number of nitrogens with one attached hydrogen (secondary N) is 1. The maximum Gasteiger partial charge on any atom is 0.262 e. The molecule has 0 aliphatic rings. The molecule has 0 aliphatic heterocycles. The standard InChI is InChI=1S/C24H23N3O3S/c1-15-11-16(2)22(17(3)12-15)26-21(28)14-31-24-25-20-9-5-4-8-19(20)23(29)27(24)13-18-7-6-10-30-18/h4-12H,13-14H2,1-3H3,(H,26,28). The lowest BCUT2D eigenvalue weighted by Crippen LogP contribution is -2.24. The van der Waals surface area contributed by atoms with E-state index in [9.17, 15) is 9.59 Å². The van der Waals surface area contributed by atoms with Crippen LogP contribution < -0.4 is 10.9 Å².